The SMILES string of the molecule is CC1N=C(Oc2ccccn2)c2cc(C#N)ccc2O1. The third-order valence-electron chi connectivity index (χ3n) is 2.77. The Labute approximate surface area is 116 Å². The van der Waals surface area contributed by atoms with Crippen molar-refractivity contribution in [3.63, 3.8) is 0 Å². The molecule has 0 aliphatic carbocycles. The molecule has 1 aliphatic rings. The summed E-state index contributed by atoms with van der Waals surface area (Å²) in [6, 6.07) is 12.6. The van der Waals surface area contributed by atoms with Crippen molar-refractivity contribution in [2.24, 2.45) is 4.99 Å². The van der Waals surface area contributed by atoms with Crippen LogP contribution in [0.4, 0.5) is 0 Å². The maximum absolute atomic E-state index is 8.98. The number of hydrogen-bond donors (Lipinski definition) is 0. The predicted octanol–water partition coefficient (Wildman–Crippen LogP) is 2.52. The van der Waals surface area contributed by atoms with Crippen molar-refractivity contribution in [3.05, 3.63) is 53.7 Å². The van der Waals surface area contributed by atoms with Crippen LogP contribution in [0.15, 0.2) is 47.6 Å². The molecule has 0 saturated heterocycles. The highest BCUT2D eigenvalue weighted by Gasteiger charge is 2.22. The van der Waals surface area contributed by atoms with Crippen LogP contribution in [0.5, 0.6) is 11.6 Å². The van der Waals surface area contributed by atoms with Gasteiger partial charge in [0.15, 0.2) is 6.23 Å². The second-order valence-electron chi connectivity index (χ2n) is 4.24. The molecule has 1 aromatic heterocycles. The van der Waals surface area contributed by atoms with Gasteiger partial charge >= 0.3 is 0 Å². The predicted molar refractivity (Wildman–Crippen MR) is 72.6 cm³/mol. The van der Waals surface area contributed by atoms with Gasteiger partial charge in [-0.05, 0) is 31.2 Å². The molecule has 98 valence electrons. The molecular weight excluding hydrogens is 254 g/mol. The fraction of sp³-hybridized carbons (Fsp3) is 0.133. The highest BCUT2D eigenvalue weighted by Crippen LogP contribution is 2.27. The monoisotopic (exact) mass is 265 g/mol. The number of benzene rings is 1. The first-order valence-electron chi connectivity index (χ1n) is 6.14. The van der Waals surface area contributed by atoms with Crippen LogP contribution in [-0.2, 0) is 0 Å². The molecule has 0 fully saturated rings. The molecule has 0 N–H and O–H groups in total. The van der Waals surface area contributed by atoms with Gasteiger partial charge in [0.1, 0.15) is 5.75 Å². The fourth-order valence-electron chi connectivity index (χ4n) is 1.90. The molecule has 20 heavy (non-hydrogen) atoms. The van der Waals surface area contributed by atoms with Gasteiger partial charge in [0.2, 0.25) is 11.8 Å². The Bertz CT molecular complexity index is 705. The molecule has 1 aromatic carbocycles. The molecule has 0 amide bonds. The number of aliphatic imine (C=N–C) groups is 1. The number of pyridine rings is 1. The van der Waals surface area contributed by atoms with E-state index in [1.165, 1.54) is 0 Å². The van der Waals surface area contributed by atoms with Crippen LogP contribution in [0.25, 0.3) is 0 Å². The third kappa shape index (κ3) is 2.31. The van der Waals surface area contributed by atoms with Gasteiger partial charge in [0.25, 0.3) is 0 Å². The second-order valence-corrected chi connectivity index (χ2v) is 4.24. The minimum atomic E-state index is -0.339. The lowest BCUT2D eigenvalue weighted by molar-refractivity contribution is 0.221. The van der Waals surface area contributed by atoms with Crippen LogP contribution in [-0.4, -0.2) is 17.1 Å². The molecule has 5 heteroatoms. The van der Waals surface area contributed by atoms with Crippen molar-refractivity contribution in [1.82, 2.24) is 4.98 Å². The van der Waals surface area contributed by atoms with Crippen molar-refractivity contribution < 1.29 is 9.47 Å². The Kier molecular flexibility index (Phi) is 3.05. The van der Waals surface area contributed by atoms with Crippen molar-refractivity contribution in [3.8, 4) is 17.7 Å². The van der Waals surface area contributed by atoms with E-state index in [0.717, 1.165) is 0 Å². The number of aromatic nitrogens is 1. The van der Waals surface area contributed by atoms with Crippen LogP contribution in [0.1, 0.15) is 18.1 Å². The van der Waals surface area contributed by atoms with E-state index >= 15 is 0 Å². The molecule has 2 heterocycles. The number of nitrogens with zero attached hydrogens (tertiary/aromatic N) is 3. The van der Waals surface area contributed by atoms with E-state index in [0.29, 0.717) is 28.7 Å². The van der Waals surface area contributed by atoms with Crippen molar-refractivity contribution >= 4 is 5.90 Å². The first-order chi connectivity index (χ1) is 9.76. The maximum Gasteiger partial charge on any atom is 0.231 e. The lowest BCUT2D eigenvalue weighted by Crippen LogP contribution is -2.24. The lowest BCUT2D eigenvalue weighted by Gasteiger charge is -2.21. The Morgan fingerprint density at radius 3 is 2.95 bits per heavy atom. The number of ether oxygens (including phenoxy) is 2. The Hall–Kier alpha value is -2.87. The summed E-state index contributed by atoms with van der Waals surface area (Å²) in [4.78, 5) is 8.42. The largest absolute Gasteiger partial charge is 0.468 e. The van der Waals surface area contributed by atoms with Gasteiger partial charge in [-0.1, -0.05) is 6.07 Å². The van der Waals surface area contributed by atoms with Gasteiger partial charge in [0.05, 0.1) is 17.2 Å². The Morgan fingerprint density at radius 1 is 1.30 bits per heavy atom. The topological polar surface area (TPSA) is 67.5 Å². The van der Waals surface area contributed by atoms with Gasteiger partial charge in [-0.2, -0.15) is 5.26 Å². The Balaban J connectivity index is 2.00. The maximum atomic E-state index is 8.98. The van der Waals surface area contributed by atoms with Gasteiger partial charge in [-0.25, -0.2) is 9.98 Å². The summed E-state index contributed by atoms with van der Waals surface area (Å²) < 4.78 is 11.3. The summed E-state index contributed by atoms with van der Waals surface area (Å²) >= 11 is 0. The van der Waals surface area contributed by atoms with Crippen LogP contribution in [0.2, 0.25) is 0 Å². The van der Waals surface area contributed by atoms with Crippen LogP contribution in [0, 0.1) is 11.3 Å². The zero-order valence-electron chi connectivity index (χ0n) is 10.8. The molecule has 2 aromatic rings. The van der Waals surface area contributed by atoms with Gasteiger partial charge in [-0.15, -0.1) is 0 Å². The molecule has 0 spiro atoms. The number of fused-ring (bicyclic) bond motifs is 1. The van der Waals surface area contributed by atoms with Gasteiger partial charge < -0.3 is 9.47 Å². The lowest BCUT2D eigenvalue weighted by atomic mass is 10.1. The van der Waals surface area contributed by atoms with E-state index in [2.05, 4.69) is 16.0 Å². The number of nitriles is 1. The molecule has 5 nitrogen and oxygen atoms in total. The average molecular weight is 265 g/mol. The molecule has 1 atom stereocenters. The van der Waals surface area contributed by atoms with E-state index in [9.17, 15) is 0 Å². The minimum absolute atomic E-state index is 0.339. The minimum Gasteiger partial charge on any atom is -0.468 e. The number of rotatable bonds is 1. The molecule has 0 bridgehead atoms. The van der Waals surface area contributed by atoms with E-state index in [1.807, 2.05) is 19.1 Å². The summed E-state index contributed by atoms with van der Waals surface area (Å²) in [6.45, 7) is 1.82. The fourth-order valence-corrected chi connectivity index (χ4v) is 1.90. The summed E-state index contributed by atoms with van der Waals surface area (Å²) in [6.07, 6.45) is 1.31. The van der Waals surface area contributed by atoms with Crippen molar-refractivity contribution in [2.45, 2.75) is 13.2 Å². The van der Waals surface area contributed by atoms with E-state index in [4.69, 9.17) is 14.7 Å². The summed E-state index contributed by atoms with van der Waals surface area (Å²) in [5, 5.41) is 8.98. The van der Waals surface area contributed by atoms with Crippen LogP contribution < -0.4 is 9.47 Å². The van der Waals surface area contributed by atoms with Crippen molar-refractivity contribution in [1.29, 1.82) is 5.26 Å². The quantitative estimate of drug-likeness (QED) is 0.794. The second kappa shape index (κ2) is 5.02. The Morgan fingerprint density at radius 2 is 2.20 bits per heavy atom. The van der Waals surface area contributed by atoms with Gasteiger partial charge in [-0.3, -0.25) is 0 Å². The highest BCUT2D eigenvalue weighted by molar-refractivity contribution is 5.99. The molecular formula is C15H11N3O2. The molecule has 3 rings (SSSR count). The van der Waals surface area contributed by atoms with Gasteiger partial charge in [0, 0.05) is 12.3 Å². The van der Waals surface area contributed by atoms with Crippen LogP contribution in [0.3, 0.4) is 0 Å². The van der Waals surface area contributed by atoms with E-state index in [1.54, 1.807) is 30.5 Å². The standard InChI is InChI=1S/C15H11N3O2/c1-10-18-15(20-14-4-2-3-7-17-14)12-8-11(9-16)5-6-13(12)19-10/h2-8,10H,1H3. The molecule has 0 radical (unpaired) electrons. The third-order valence-corrected chi connectivity index (χ3v) is 2.77. The summed E-state index contributed by atoms with van der Waals surface area (Å²) in [7, 11) is 0. The zero-order valence-corrected chi connectivity index (χ0v) is 10.8. The normalized spacial score (nSPS) is 16.4. The average Bonchev–Trinajstić information content (AvgIpc) is 2.48. The highest BCUT2D eigenvalue weighted by atomic mass is 16.5. The number of hydrogen-bond acceptors (Lipinski definition) is 5. The zero-order chi connectivity index (χ0) is 13.9. The van der Waals surface area contributed by atoms with Crippen LogP contribution >= 0.6 is 0 Å². The molecule has 1 aliphatic heterocycles. The molecule has 0 saturated carbocycles. The van der Waals surface area contributed by atoms with E-state index in [-0.39, 0.29) is 6.23 Å². The summed E-state index contributed by atoms with van der Waals surface area (Å²) in [5.41, 5.74) is 1.19. The first-order valence-corrected chi connectivity index (χ1v) is 6.14. The van der Waals surface area contributed by atoms with Crippen molar-refractivity contribution in [2.75, 3.05) is 0 Å². The smallest absolute Gasteiger partial charge is 0.231 e. The summed E-state index contributed by atoms with van der Waals surface area (Å²) in [5.74, 6) is 1.51. The molecule has 1 unspecified atom stereocenters. The van der Waals surface area contributed by atoms with E-state index < -0.39 is 0 Å². The first kappa shape index (κ1) is 12.2.